The van der Waals surface area contributed by atoms with Crippen molar-refractivity contribution in [3.8, 4) is 0 Å². The van der Waals surface area contributed by atoms with E-state index >= 15 is 0 Å². The van der Waals surface area contributed by atoms with E-state index in [1.54, 1.807) is 19.1 Å². The van der Waals surface area contributed by atoms with Crippen molar-refractivity contribution >= 4 is 11.6 Å². The number of carbonyl (C=O) groups excluding carboxylic acids is 1. The molecule has 32 heavy (non-hydrogen) atoms. The molecule has 0 aliphatic carbocycles. The van der Waals surface area contributed by atoms with Crippen LogP contribution in [-0.2, 0) is 11.3 Å². The highest BCUT2D eigenvalue weighted by molar-refractivity contribution is 6.02. The van der Waals surface area contributed by atoms with Gasteiger partial charge in [0, 0.05) is 38.4 Å². The van der Waals surface area contributed by atoms with Gasteiger partial charge in [0.25, 0.3) is 5.91 Å². The molecular weight excluding hydrogens is 415 g/mol. The van der Waals surface area contributed by atoms with Crippen molar-refractivity contribution in [1.29, 1.82) is 0 Å². The summed E-state index contributed by atoms with van der Waals surface area (Å²) in [6.07, 6.45) is 0.799. The molecule has 1 atom stereocenters. The van der Waals surface area contributed by atoms with Gasteiger partial charge in [-0.3, -0.25) is 14.6 Å². The van der Waals surface area contributed by atoms with E-state index in [1.165, 1.54) is 12.3 Å². The van der Waals surface area contributed by atoms with E-state index in [9.17, 15) is 14.3 Å². The number of anilines is 1. The predicted molar refractivity (Wildman–Crippen MR) is 119 cm³/mol. The average molecular weight is 449 g/mol. The zero-order valence-corrected chi connectivity index (χ0v) is 19.2. The minimum absolute atomic E-state index is 0.154. The van der Waals surface area contributed by atoms with Crippen molar-refractivity contribution < 1.29 is 23.4 Å². The number of piperazine rings is 1. The van der Waals surface area contributed by atoms with Crippen LogP contribution in [0, 0.1) is 12.7 Å². The lowest BCUT2D eigenvalue weighted by Crippen LogP contribution is -2.49. The molecule has 0 spiro atoms. The second-order valence-electron chi connectivity index (χ2n) is 9.20. The first-order valence-electron chi connectivity index (χ1n) is 10.9. The third kappa shape index (κ3) is 7.37. The fourth-order valence-corrected chi connectivity index (χ4v) is 3.37. The van der Waals surface area contributed by atoms with E-state index in [4.69, 9.17) is 9.15 Å². The summed E-state index contributed by atoms with van der Waals surface area (Å²) in [5.74, 6) is -0.367. The molecule has 8 nitrogen and oxygen atoms in total. The summed E-state index contributed by atoms with van der Waals surface area (Å²) in [4.78, 5) is 21.0. The number of ether oxygens (including phenoxy) is 1. The number of hydrogen-bond donors (Lipinski definition) is 2. The summed E-state index contributed by atoms with van der Waals surface area (Å²) in [6, 6.07) is 4.53. The maximum Gasteiger partial charge on any atom is 0.277 e. The van der Waals surface area contributed by atoms with Gasteiger partial charge in [0.1, 0.15) is 12.1 Å². The molecule has 176 valence electrons. The van der Waals surface area contributed by atoms with E-state index in [-0.39, 0.29) is 17.1 Å². The number of amides is 1. The topological polar surface area (TPSA) is 91.1 Å². The molecule has 0 radical (unpaired) electrons. The molecule has 2 aromatic rings. The Morgan fingerprint density at radius 1 is 1.28 bits per heavy atom. The van der Waals surface area contributed by atoms with Crippen molar-refractivity contribution in [3.63, 3.8) is 0 Å². The normalized spacial score (nSPS) is 16.8. The van der Waals surface area contributed by atoms with Crippen molar-refractivity contribution in [2.75, 3.05) is 44.6 Å². The number of carbonyl (C=O) groups is 1. The lowest BCUT2D eigenvalue weighted by molar-refractivity contribution is -0.0588. The number of nitrogens with zero attached hydrogens (tertiary/aromatic N) is 3. The fraction of sp³-hybridized carbons (Fsp3) is 0.565. The molecular formula is C23H33FN4O4. The molecule has 1 aliphatic heterocycles. The maximum atomic E-state index is 13.7. The lowest BCUT2D eigenvalue weighted by atomic mass is 10.2. The number of aryl methyl sites for hydroxylation is 1. The number of aliphatic hydroxyl groups is 1. The van der Waals surface area contributed by atoms with Crippen LogP contribution in [0.1, 0.15) is 42.7 Å². The summed E-state index contributed by atoms with van der Waals surface area (Å²) in [5, 5.41) is 12.8. The smallest absolute Gasteiger partial charge is 0.277 e. The van der Waals surface area contributed by atoms with Gasteiger partial charge >= 0.3 is 0 Å². The Kier molecular flexibility index (Phi) is 8.00. The van der Waals surface area contributed by atoms with Gasteiger partial charge in [-0.2, -0.15) is 0 Å². The minimum atomic E-state index is -0.518. The maximum absolute atomic E-state index is 13.7. The first kappa shape index (κ1) is 24.3. The Balaban J connectivity index is 1.43. The van der Waals surface area contributed by atoms with Gasteiger partial charge in [0.15, 0.2) is 5.69 Å². The van der Waals surface area contributed by atoms with E-state index in [2.05, 4.69) is 20.1 Å². The van der Waals surface area contributed by atoms with Crippen LogP contribution in [0.25, 0.3) is 0 Å². The number of hydrogen-bond acceptors (Lipinski definition) is 7. The number of rotatable bonds is 8. The number of halogens is 1. The SMILES string of the molecule is Cc1ccc(NC(=O)c2coc(CN3CCN(C[C@@H](O)COC(C)(C)C)CC3)n2)cc1F. The molecule has 1 aromatic carbocycles. The summed E-state index contributed by atoms with van der Waals surface area (Å²) >= 11 is 0. The van der Waals surface area contributed by atoms with E-state index in [1.807, 2.05) is 20.8 Å². The van der Waals surface area contributed by atoms with E-state index < -0.39 is 12.0 Å². The second kappa shape index (κ2) is 10.5. The fourth-order valence-electron chi connectivity index (χ4n) is 3.37. The molecule has 1 aromatic heterocycles. The molecule has 2 N–H and O–H groups in total. The predicted octanol–water partition coefficient (Wildman–Crippen LogP) is 2.67. The average Bonchev–Trinajstić information content (AvgIpc) is 3.19. The van der Waals surface area contributed by atoms with Gasteiger partial charge in [0.05, 0.1) is 24.9 Å². The molecule has 1 amide bonds. The largest absolute Gasteiger partial charge is 0.447 e. The molecule has 3 rings (SSSR count). The molecule has 9 heteroatoms. The van der Waals surface area contributed by atoms with E-state index in [0.29, 0.717) is 36.8 Å². The van der Waals surface area contributed by atoms with Crippen LogP contribution in [0.3, 0.4) is 0 Å². The number of oxazole rings is 1. The Morgan fingerprint density at radius 3 is 2.62 bits per heavy atom. The van der Waals surface area contributed by atoms with Crippen LogP contribution in [-0.4, -0.2) is 76.8 Å². The molecule has 0 saturated carbocycles. The quantitative estimate of drug-likeness (QED) is 0.642. The third-order valence-corrected chi connectivity index (χ3v) is 5.22. The Morgan fingerprint density at radius 2 is 1.97 bits per heavy atom. The number of aliphatic hydroxyl groups excluding tert-OH is 1. The lowest BCUT2D eigenvalue weighted by Gasteiger charge is -2.35. The van der Waals surface area contributed by atoms with Crippen LogP contribution in [0.5, 0.6) is 0 Å². The van der Waals surface area contributed by atoms with Gasteiger partial charge in [0.2, 0.25) is 5.89 Å². The van der Waals surface area contributed by atoms with Crippen molar-refractivity contribution in [3.05, 3.63) is 47.4 Å². The number of β-amino-alcohol motifs (C(OH)–C–C–N with tert-alkyl or cyclic N) is 1. The standard InChI is InChI=1S/C23H33FN4O4/c1-16-5-6-17(11-19(16)24)25-22(30)20-15-31-21(26-20)13-28-9-7-27(8-10-28)12-18(29)14-32-23(2,3)4/h5-6,11,15,18,29H,7-10,12-14H2,1-4H3,(H,25,30)/t18-/m1/s1. The Labute approximate surface area is 188 Å². The Hall–Kier alpha value is -2.33. The molecule has 0 unspecified atom stereocenters. The molecule has 1 saturated heterocycles. The van der Waals surface area contributed by atoms with Crippen molar-refractivity contribution in [1.82, 2.24) is 14.8 Å². The summed E-state index contributed by atoms with van der Waals surface area (Å²) < 4.78 is 24.8. The molecule has 2 heterocycles. The van der Waals surface area contributed by atoms with Crippen molar-refractivity contribution in [2.24, 2.45) is 0 Å². The number of nitrogens with one attached hydrogen (secondary N) is 1. The van der Waals surface area contributed by atoms with Gasteiger partial charge in [-0.1, -0.05) is 6.07 Å². The zero-order valence-electron chi connectivity index (χ0n) is 19.2. The van der Waals surface area contributed by atoms with Gasteiger partial charge in [-0.15, -0.1) is 0 Å². The zero-order chi connectivity index (χ0) is 23.3. The molecule has 1 aliphatic rings. The highest BCUT2D eigenvalue weighted by Crippen LogP contribution is 2.16. The highest BCUT2D eigenvalue weighted by Gasteiger charge is 2.22. The molecule has 1 fully saturated rings. The Bertz CT molecular complexity index is 904. The first-order valence-corrected chi connectivity index (χ1v) is 10.9. The van der Waals surface area contributed by atoms with Gasteiger partial charge in [-0.25, -0.2) is 9.37 Å². The van der Waals surface area contributed by atoms with Crippen LogP contribution in [0.15, 0.2) is 28.9 Å². The van der Waals surface area contributed by atoms with E-state index in [0.717, 1.165) is 26.2 Å². The summed E-state index contributed by atoms with van der Waals surface area (Å²) in [6.45, 7) is 12.2. The van der Waals surface area contributed by atoms with Crippen LogP contribution < -0.4 is 5.32 Å². The van der Waals surface area contributed by atoms with Gasteiger partial charge in [-0.05, 0) is 45.4 Å². The summed E-state index contributed by atoms with van der Waals surface area (Å²) in [5.41, 5.74) is 0.775. The minimum Gasteiger partial charge on any atom is -0.447 e. The highest BCUT2D eigenvalue weighted by atomic mass is 19.1. The monoisotopic (exact) mass is 448 g/mol. The number of benzene rings is 1. The second-order valence-corrected chi connectivity index (χ2v) is 9.20. The first-order chi connectivity index (χ1) is 15.1. The summed E-state index contributed by atoms with van der Waals surface area (Å²) in [7, 11) is 0. The van der Waals surface area contributed by atoms with Crippen LogP contribution in [0.4, 0.5) is 10.1 Å². The van der Waals surface area contributed by atoms with Gasteiger partial charge < -0.3 is 19.6 Å². The van der Waals surface area contributed by atoms with Crippen LogP contribution in [0.2, 0.25) is 0 Å². The molecule has 0 bridgehead atoms. The van der Waals surface area contributed by atoms with Crippen LogP contribution >= 0.6 is 0 Å². The number of aromatic nitrogens is 1. The van der Waals surface area contributed by atoms with Crippen molar-refractivity contribution in [2.45, 2.75) is 45.9 Å². The third-order valence-electron chi connectivity index (χ3n) is 5.22.